The fraction of sp³-hybridized carbons (Fsp3) is 0.500. The average Bonchev–Trinajstić information content (AvgIpc) is 3.18. The molecule has 0 radical (unpaired) electrons. The molecule has 0 aliphatic carbocycles. The van der Waals surface area contributed by atoms with Gasteiger partial charge in [0.25, 0.3) is 0 Å². The molecule has 2 rings (SSSR count). The SMILES string of the molecule is CNC(=O)[C@H](Cc1c[nH]c2ccccc12)NC(=O)C(CC(C)C)C(CC(=O)OC)SC(C)=O. The molecular formula is C24H33N3O5S. The first-order chi connectivity index (χ1) is 15.7. The second kappa shape index (κ2) is 12.4. The normalized spacial score (nSPS) is 13.9. The van der Waals surface area contributed by atoms with Crippen LogP contribution in [0.25, 0.3) is 10.9 Å². The number of ether oxygens (including phenoxy) is 1. The van der Waals surface area contributed by atoms with E-state index >= 15 is 0 Å². The number of aromatic nitrogens is 1. The van der Waals surface area contributed by atoms with Crippen LogP contribution in [0.5, 0.6) is 0 Å². The van der Waals surface area contributed by atoms with E-state index in [1.54, 1.807) is 0 Å². The highest BCUT2D eigenvalue weighted by atomic mass is 32.2. The van der Waals surface area contributed by atoms with Gasteiger partial charge in [-0.2, -0.15) is 0 Å². The maximum Gasteiger partial charge on any atom is 0.306 e. The minimum absolute atomic E-state index is 0.0708. The van der Waals surface area contributed by atoms with Gasteiger partial charge in [0, 0.05) is 42.7 Å². The molecule has 3 N–H and O–H groups in total. The Morgan fingerprint density at radius 2 is 1.82 bits per heavy atom. The van der Waals surface area contributed by atoms with Crippen molar-refractivity contribution in [3.63, 3.8) is 0 Å². The van der Waals surface area contributed by atoms with Crippen LogP contribution < -0.4 is 10.6 Å². The largest absolute Gasteiger partial charge is 0.469 e. The monoisotopic (exact) mass is 475 g/mol. The van der Waals surface area contributed by atoms with Gasteiger partial charge in [0.1, 0.15) is 6.04 Å². The van der Waals surface area contributed by atoms with E-state index in [0.717, 1.165) is 28.2 Å². The van der Waals surface area contributed by atoms with Crippen LogP contribution >= 0.6 is 11.8 Å². The summed E-state index contributed by atoms with van der Waals surface area (Å²) in [6, 6.07) is 6.94. The number of hydrogen-bond donors (Lipinski definition) is 3. The van der Waals surface area contributed by atoms with Crippen molar-refractivity contribution in [3.8, 4) is 0 Å². The molecule has 0 bridgehead atoms. The van der Waals surface area contributed by atoms with Crippen LogP contribution in [0.4, 0.5) is 0 Å². The van der Waals surface area contributed by atoms with Gasteiger partial charge in [-0.3, -0.25) is 19.2 Å². The number of esters is 1. The molecule has 3 atom stereocenters. The molecule has 9 heteroatoms. The Kier molecular flexibility index (Phi) is 9.96. The van der Waals surface area contributed by atoms with Crippen molar-refractivity contribution in [1.29, 1.82) is 0 Å². The number of methoxy groups -OCH3 is 1. The van der Waals surface area contributed by atoms with E-state index in [2.05, 4.69) is 15.6 Å². The third kappa shape index (κ3) is 7.63. The molecule has 1 heterocycles. The lowest BCUT2D eigenvalue weighted by molar-refractivity contribution is -0.141. The van der Waals surface area contributed by atoms with Crippen LogP contribution in [0.2, 0.25) is 0 Å². The fourth-order valence-corrected chi connectivity index (χ4v) is 4.89. The summed E-state index contributed by atoms with van der Waals surface area (Å²) in [7, 11) is 2.80. The molecule has 0 aliphatic rings. The Morgan fingerprint density at radius 1 is 1.12 bits per heavy atom. The summed E-state index contributed by atoms with van der Waals surface area (Å²) in [5.74, 6) is -1.67. The number of thioether (sulfide) groups is 1. The smallest absolute Gasteiger partial charge is 0.306 e. The highest BCUT2D eigenvalue weighted by Crippen LogP contribution is 2.30. The van der Waals surface area contributed by atoms with Crippen molar-refractivity contribution in [3.05, 3.63) is 36.0 Å². The molecule has 0 saturated heterocycles. The molecule has 2 aromatic rings. The van der Waals surface area contributed by atoms with Crippen molar-refractivity contribution >= 4 is 45.6 Å². The van der Waals surface area contributed by atoms with Crippen LogP contribution in [0.3, 0.4) is 0 Å². The molecule has 2 amide bonds. The Labute approximate surface area is 198 Å². The minimum Gasteiger partial charge on any atom is -0.469 e. The Bertz CT molecular complexity index is 987. The minimum atomic E-state index is -0.808. The zero-order chi connectivity index (χ0) is 24.5. The van der Waals surface area contributed by atoms with Gasteiger partial charge in [-0.25, -0.2) is 0 Å². The van der Waals surface area contributed by atoms with Crippen LogP contribution in [-0.4, -0.2) is 53.3 Å². The standard InChI is InChI=1S/C24H33N3O5S/c1-14(2)10-18(21(33-15(3)28)12-22(29)32-5)23(30)27-20(24(31)25-4)11-16-13-26-19-9-7-6-8-17(16)19/h6-9,13-14,18,20-21,26H,10-12H2,1-5H3,(H,25,31)(H,27,30)/t18?,20-,21?/m0/s1. The highest BCUT2D eigenvalue weighted by Gasteiger charge is 2.34. The van der Waals surface area contributed by atoms with Crippen LogP contribution in [0, 0.1) is 11.8 Å². The van der Waals surface area contributed by atoms with E-state index < -0.39 is 23.2 Å². The zero-order valence-electron chi connectivity index (χ0n) is 19.8. The number of H-pyrrole nitrogens is 1. The lowest BCUT2D eigenvalue weighted by Crippen LogP contribution is -2.50. The summed E-state index contributed by atoms with van der Waals surface area (Å²) in [5.41, 5.74) is 1.85. The van der Waals surface area contributed by atoms with Crippen LogP contribution in [-0.2, 0) is 30.3 Å². The van der Waals surface area contributed by atoms with E-state index in [1.165, 1.54) is 21.1 Å². The number of aromatic amines is 1. The first-order valence-electron chi connectivity index (χ1n) is 11.0. The van der Waals surface area contributed by atoms with Gasteiger partial charge in [0.2, 0.25) is 11.8 Å². The van der Waals surface area contributed by atoms with E-state index in [4.69, 9.17) is 4.74 Å². The molecule has 0 spiro atoms. The fourth-order valence-electron chi connectivity index (χ4n) is 3.85. The number of benzene rings is 1. The second-order valence-corrected chi connectivity index (χ2v) is 9.82. The zero-order valence-corrected chi connectivity index (χ0v) is 20.6. The molecule has 0 fully saturated rings. The van der Waals surface area contributed by atoms with Gasteiger partial charge in [0.15, 0.2) is 5.12 Å². The van der Waals surface area contributed by atoms with Crippen molar-refractivity contribution in [2.24, 2.45) is 11.8 Å². The molecule has 1 aromatic heterocycles. The van der Waals surface area contributed by atoms with E-state index in [0.29, 0.717) is 12.8 Å². The van der Waals surface area contributed by atoms with Crippen LogP contribution in [0.15, 0.2) is 30.5 Å². The molecule has 0 aliphatic heterocycles. The Hall–Kier alpha value is -2.81. The summed E-state index contributed by atoms with van der Waals surface area (Å²) in [6.45, 7) is 5.34. The van der Waals surface area contributed by atoms with E-state index in [9.17, 15) is 19.2 Å². The summed E-state index contributed by atoms with van der Waals surface area (Å²) in [5, 5.41) is 5.70. The lowest BCUT2D eigenvalue weighted by Gasteiger charge is -2.28. The first kappa shape index (κ1) is 26.4. The van der Waals surface area contributed by atoms with Gasteiger partial charge >= 0.3 is 5.97 Å². The maximum atomic E-state index is 13.4. The molecule has 8 nitrogen and oxygen atoms in total. The third-order valence-corrected chi connectivity index (χ3v) is 6.53. The number of rotatable bonds is 11. The third-order valence-electron chi connectivity index (χ3n) is 5.40. The van der Waals surface area contributed by atoms with Crippen molar-refractivity contribution in [2.45, 2.75) is 51.3 Å². The van der Waals surface area contributed by atoms with Crippen molar-refractivity contribution < 1.29 is 23.9 Å². The number of amides is 2. The van der Waals surface area contributed by atoms with E-state index in [1.807, 2.05) is 44.3 Å². The summed E-state index contributed by atoms with van der Waals surface area (Å²) in [4.78, 5) is 53.1. The molecule has 33 heavy (non-hydrogen) atoms. The van der Waals surface area contributed by atoms with Gasteiger partial charge in [-0.05, 0) is 24.0 Å². The predicted octanol–water partition coefficient (Wildman–Crippen LogP) is 2.81. The number of fused-ring (bicyclic) bond motifs is 1. The topological polar surface area (TPSA) is 117 Å². The predicted molar refractivity (Wildman–Crippen MR) is 130 cm³/mol. The molecular weight excluding hydrogens is 442 g/mol. The van der Waals surface area contributed by atoms with Gasteiger partial charge in [-0.1, -0.05) is 43.8 Å². The summed E-state index contributed by atoms with van der Waals surface area (Å²) < 4.78 is 4.78. The quantitative estimate of drug-likeness (QED) is 0.430. The highest BCUT2D eigenvalue weighted by molar-refractivity contribution is 8.14. The van der Waals surface area contributed by atoms with E-state index in [-0.39, 0.29) is 29.3 Å². The van der Waals surface area contributed by atoms with Crippen LogP contribution in [0.1, 0.15) is 39.2 Å². The number of likely N-dealkylation sites (N-methyl/N-ethyl adjacent to an activating group) is 1. The maximum absolute atomic E-state index is 13.4. The number of hydrogen-bond acceptors (Lipinski definition) is 6. The molecule has 1 aromatic carbocycles. The number of nitrogens with one attached hydrogen (secondary N) is 3. The Balaban J connectivity index is 2.30. The van der Waals surface area contributed by atoms with Crippen molar-refractivity contribution in [1.82, 2.24) is 15.6 Å². The molecule has 0 saturated carbocycles. The molecule has 180 valence electrons. The van der Waals surface area contributed by atoms with Gasteiger partial charge in [-0.15, -0.1) is 0 Å². The molecule has 2 unspecified atom stereocenters. The number of para-hydroxylation sites is 1. The first-order valence-corrected chi connectivity index (χ1v) is 11.8. The second-order valence-electron chi connectivity index (χ2n) is 8.40. The lowest BCUT2D eigenvalue weighted by atomic mass is 9.91. The summed E-state index contributed by atoms with van der Waals surface area (Å²) >= 11 is 0.964. The average molecular weight is 476 g/mol. The summed E-state index contributed by atoms with van der Waals surface area (Å²) in [6.07, 6.45) is 2.52. The number of carbonyl (C=O) groups excluding carboxylic acids is 4. The van der Waals surface area contributed by atoms with Gasteiger partial charge < -0.3 is 20.4 Å². The van der Waals surface area contributed by atoms with Crippen molar-refractivity contribution in [2.75, 3.05) is 14.2 Å². The van der Waals surface area contributed by atoms with Gasteiger partial charge in [0.05, 0.1) is 19.4 Å². The number of carbonyl (C=O) groups is 4. The Morgan fingerprint density at radius 3 is 2.42 bits per heavy atom.